The lowest BCUT2D eigenvalue weighted by Gasteiger charge is -2.40. The monoisotopic (exact) mass is 302 g/mol. The number of nitrogens with zero attached hydrogens (tertiary/aromatic N) is 1. The lowest BCUT2D eigenvalue weighted by molar-refractivity contribution is -0.0931. The average Bonchev–Trinajstić information content (AvgIpc) is 2.33. The highest BCUT2D eigenvalue weighted by Gasteiger charge is 2.31. The molecule has 21 heavy (non-hydrogen) atoms. The number of anilines is 2. The van der Waals surface area contributed by atoms with Crippen LogP contribution in [0.25, 0.3) is 0 Å². The Kier molecular flexibility index (Phi) is 4.92. The van der Waals surface area contributed by atoms with Crippen LogP contribution in [-0.2, 0) is 9.47 Å². The lowest BCUT2D eigenvalue weighted by Crippen LogP contribution is -2.53. The molecule has 116 valence electrons. The van der Waals surface area contributed by atoms with Gasteiger partial charge in [-0.2, -0.15) is 0 Å². The van der Waals surface area contributed by atoms with Crippen molar-refractivity contribution in [3.63, 3.8) is 0 Å². The first kappa shape index (κ1) is 15.5. The van der Waals surface area contributed by atoms with E-state index in [0.29, 0.717) is 19.7 Å². The van der Waals surface area contributed by atoms with Gasteiger partial charge in [0.2, 0.25) is 0 Å². The van der Waals surface area contributed by atoms with E-state index >= 15 is 0 Å². The zero-order valence-electron chi connectivity index (χ0n) is 11.4. The minimum Gasteiger partial charge on any atom is -0.465 e. The van der Waals surface area contributed by atoms with Crippen LogP contribution >= 0.6 is 0 Å². The Labute approximate surface area is 120 Å². The van der Waals surface area contributed by atoms with E-state index in [1.165, 1.54) is 4.90 Å². The molecule has 2 N–H and O–H groups in total. The van der Waals surface area contributed by atoms with Crippen molar-refractivity contribution in [3.05, 3.63) is 23.8 Å². The highest BCUT2D eigenvalue weighted by molar-refractivity contribution is 5.83. The molecule has 1 aliphatic heterocycles. The predicted octanol–water partition coefficient (Wildman–Crippen LogP) is 2.25. The number of benzene rings is 1. The van der Waals surface area contributed by atoms with E-state index in [0.717, 1.165) is 12.1 Å². The van der Waals surface area contributed by atoms with Gasteiger partial charge < -0.3 is 19.5 Å². The molecule has 0 aromatic heterocycles. The molecule has 0 bridgehead atoms. The van der Waals surface area contributed by atoms with Crippen molar-refractivity contribution >= 4 is 17.5 Å². The summed E-state index contributed by atoms with van der Waals surface area (Å²) in [7, 11) is 0. The van der Waals surface area contributed by atoms with Gasteiger partial charge in [-0.1, -0.05) is 0 Å². The average molecular weight is 302 g/mol. The fraction of sp³-hybridized carbons (Fsp3) is 0.462. The Morgan fingerprint density at radius 2 is 2.05 bits per heavy atom. The SMILES string of the molecule is CCOCOC1CN(c2c(F)cc(NC(=O)O)cc2F)C1. The van der Waals surface area contributed by atoms with E-state index in [4.69, 9.17) is 14.6 Å². The molecule has 6 nitrogen and oxygen atoms in total. The fourth-order valence-corrected chi connectivity index (χ4v) is 2.02. The predicted molar refractivity (Wildman–Crippen MR) is 71.6 cm³/mol. The minimum atomic E-state index is -1.38. The highest BCUT2D eigenvalue weighted by Crippen LogP contribution is 2.31. The molecule has 0 spiro atoms. The molecule has 0 atom stereocenters. The normalized spacial score (nSPS) is 14.9. The number of ether oxygens (including phenoxy) is 2. The van der Waals surface area contributed by atoms with Gasteiger partial charge in [-0.3, -0.25) is 5.32 Å². The molecular formula is C13H16F2N2O4. The Morgan fingerprint density at radius 3 is 2.57 bits per heavy atom. The largest absolute Gasteiger partial charge is 0.465 e. The summed E-state index contributed by atoms with van der Waals surface area (Å²) in [6.45, 7) is 3.24. The molecule has 0 radical (unpaired) electrons. The summed E-state index contributed by atoms with van der Waals surface area (Å²) in [4.78, 5) is 11.9. The molecule has 1 amide bonds. The topological polar surface area (TPSA) is 71.0 Å². The van der Waals surface area contributed by atoms with Crippen LogP contribution in [0.15, 0.2) is 12.1 Å². The van der Waals surface area contributed by atoms with Crippen LogP contribution in [0.4, 0.5) is 25.0 Å². The fourth-order valence-electron chi connectivity index (χ4n) is 2.02. The van der Waals surface area contributed by atoms with Crippen LogP contribution in [-0.4, -0.2) is 43.8 Å². The summed E-state index contributed by atoms with van der Waals surface area (Å²) in [5.41, 5.74) is -0.326. The number of hydrogen-bond acceptors (Lipinski definition) is 4. The third kappa shape index (κ3) is 3.79. The van der Waals surface area contributed by atoms with Crippen LogP contribution in [0.1, 0.15) is 6.92 Å². The van der Waals surface area contributed by atoms with Gasteiger partial charge >= 0.3 is 6.09 Å². The van der Waals surface area contributed by atoms with E-state index in [2.05, 4.69) is 0 Å². The zero-order valence-corrected chi connectivity index (χ0v) is 11.4. The first-order chi connectivity index (χ1) is 10.0. The second kappa shape index (κ2) is 6.68. The standard InChI is InChI=1S/C13H16F2N2O4/c1-2-20-7-21-9-5-17(6-9)12-10(14)3-8(4-11(12)15)16-13(18)19/h3-4,9,16H,2,5-7H2,1H3,(H,18,19). The van der Waals surface area contributed by atoms with E-state index in [-0.39, 0.29) is 24.3 Å². The second-order valence-corrected chi connectivity index (χ2v) is 4.52. The van der Waals surface area contributed by atoms with Crippen molar-refractivity contribution in [2.75, 3.05) is 36.7 Å². The minimum absolute atomic E-state index is 0.132. The summed E-state index contributed by atoms with van der Waals surface area (Å²) in [5, 5.41) is 10.4. The van der Waals surface area contributed by atoms with Crippen LogP contribution in [0, 0.1) is 11.6 Å². The molecule has 1 saturated heterocycles. The van der Waals surface area contributed by atoms with Crippen LogP contribution < -0.4 is 10.2 Å². The number of hydrogen-bond donors (Lipinski definition) is 2. The van der Waals surface area contributed by atoms with Gasteiger partial charge in [0, 0.05) is 25.4 Å². The highest BCUT2D eigenvalue weighted by atomic mass is 19.1. The molecule has 8 heteroatoms. The van der Waals surface area contributed by atoms with Crippen molar-refractivity contribution in [2.24, 2.45) is 0 Å². The van der Waals surface area contributed by atoms with Gasteiger partial charge in [-0.05, 0) is 19.1 Å². The van der Waals surface area contributed by atoms with E-state index in [1.54, 1.807) is 0 Å². The van der Waals surface area contributed by atoms with Gasteiger partial charge in [0.1, 0.15) is 12.5 Å². The molecular weight excluding hydrogens is 286 g/mol. The number of amides is 1. The maximum atomic E-state index is 13.9. The molecule has 1 aromatic carbocycles. The molecule has 1 aromatic rings. The molecule has 1 heterocycles. The van der Waals surface area contributed by atoms with Gasteiger partial charge in [-0.15, -0.1) is 0 Å². The lowest BCUT2D eigenvalue weighted by atomic mass is 10.1. The van der Waals surface area contributed by atoms with Gasteiger partial charge in [0.05, 0.1) is 6.10 Å². The summed E-state index contributed by atoms with van der Waals surface area (Å²) in [6, 6.07) is 1.89. The Morgan fingerprint density at radius 1 is 1.43 bits per heavy atom. The Hall–Kier alpha value is -1.93. The molecule has 0 unspecified atom stereocenters. The number of rotatable bonds is 6. The quantitative estimate of drug-likeness (QED) is 0.623. The molecule has 1 aliphatic rings. The Bertz CT molecular complexity index is 498. The maximum absolute atomic E-state index is 13.9. The van der Waals surface area contributed by atoms with Crippen LogP contribution in [0.5, 0.6) is 0 Å². The number of carboxylic acid groups (broad SMARTS) is 1. The summed E-state index contributed by atoms with van der Waals surface area (Å²) >= 11 is 0. The first-order valence-corrected chi connectivity index (χ1v) is 6.44. The van der Waals surface area contributed by atoms with E-state index in [9.17, 15) is 13.6 Å². The molecule has 2 rings (SSSR count). The summed E-state index contributed by atoms with van der Waals surface area (Å²) < 4.78 is 38.1. The van der Waals surface area contributed by atoms with Gasteiger partial charge in [-0.25, -0.2) is 13.6 Å². The first-order valence-electron chi connectivity index (χ1n) is 6.44. The summed E-state index contributed by atoms with van der Waals surface area (Å²) in [5.74, 6) is -1.64. The van der Waals surface area contributed by atoms with E-state index in [1.807, 2.05) is 12.2 Å². The molecule has 1 fully saturated rings. The van der Waals surface area contributed by atoms with Crippen LogP contribution in [0.2, 0.25) is 0 Å². The second-order valence-electron chi connectivity index (χ2n) is 4.52. The van der Waals surface area contributed by atoms with Crippen molar-refractivity contribution in [1.29, 1.82) is 0 Å². The number of carbonyl (C=O) groups is 1. The zero-order chi connectivity index (χ0) is 15.4. The van der Waals surface area contributed by atoms with Crippen molar-refractivity contribution < 1.29 is 28.2 Å². The molecule has 0 aliphatic carbocycles. The smallest absolute Gasteiger partial charge is 0.409 e. The molecule has 0 saturated carbocycles. The van der Waals surface area contributed by atoms with Gasteiger partial charge in [0.15, 0.2) is 11.6 Å². The third-order valence-electron chi connectivity index (χ3n) is 3.02. The maximum Gasteiger partial charge on any atom is 0.409 e. The third-order valence-corrected chi connectivity index (χ3v) is 3.02. The van der Waals surface area contributed by atoms with Crippen molar-refractivity contribution in [1.82, 2.24) is 0 Å². The number of nitrogens with one attached hydrogen (secondary N) is 1. The summed E-state index contributed by atoms with van der Waals surface area (Å²) in [6.07, 6.45) is -1.51. The Balaban J connectivity index is 1.97. The van der Waals surface area contributed by atoms with Crippen molar-refractivity contribution in [2.45, 2.75) is 13.0 Å². The van der Waals surface area contributed by atoms with Gasteiger partial charge in [0.25, 0.3) is 0 Å². The van der Waals surface area contributed by atoms with E-state index < -0.39 is 17.7 Å². The van der Waals surface area contributed by atoms with Crippen LogP contribution in [0.3, 0.4) is 0 Å². The van der Waals surface area contributed by atoms with Crippen molar-refractivity contribution in [3.8, 4) is 0 Å². The number of halogens is 2.